The van der Waals surface area contributed by atoms with E-state index in [0.29, 0.717) is 0 Å². The highest BCUT2D eigenvalue weighted by molar-refractivity contribution is 5.03. The fraction of sp³-hybridized carbons (Fsp3) is 0.778. The Morgan fingerprint density at radius 3 is 1.25 bits per heavy atom. The second-order valence-electron chi connectivity index (χ2n) is 7.48. The van der Waals surface area contributed by atoms with E-state index in [-0.39, 0.29) is 11.2 Å². The van der Waals surface area contributed by atoms with Gasteiger partial charge in [-0.05, 0) is 68.2 Å². The van der Waals surface area contributed by atoms with Crippen LogP contribution < -0.4 is 0 Å². The molecule has 0 unspecified atom stereocenters. The Hall–Kier alpha value is -0.600. The molecular weight excluding hydrogens is 248 g/mol. The summed E-state index contributed by atoms with van der Waals surface area (Å²) in [7, 11) is 0. The van der Waals surface area contributed by atoms with Gasteiger partial charge in [0.25, 0.3) is 0 Å². The van der Waals surface area contributed by atoms with E-state index >= 15 is 0 Å². The molecule has 118 valence electrons. The molecule has 0 spiro atoms. The van der Waals surface area contributed by atoms with Crippen LogP contribution in [0.2, 0.25) is 0 Å². The summed E-state index contributed by atoms with van der Waals surface area (Å²) < 4.78 is 11.5. The molecule has 20 heavy (non-hydrogen) atoms. The van der Waals surface area contributed by atoms with E-state index in [9.17, 15) is 0 Å². The maximum absolute atomic E-state index is 5.74. The van der Waals surface area contributed by atoms with Gasteiger partial charge in [0.05, 0.1) is 24.4 Å². The summed E-state index contributed by atoms with van der Waals surface area (Å²) in [6.45, 7) is 18.2. The van der Waals surface area contributed by atoms with E-state index < -0.39 is 0 Å². The van der Waals surface area contributed by atoms with Crippen molar-refractivity contribution < 1.29 is 9.47 Å². The zero-order valence-electron chi connectivity index (χ0n) is 14.8. The zero-order valence-corrected chi connectivity index (χ0v) is 14.8. The van der Waals surface area contributed by atoms with Crippen LogP contribution >= 0.6 is 0 Å². The highest BCUT2D eigenvalue weighted by Gasteiger charge is 2.10. The quantitative estimate of drug-likeness (QED) is 0.466. The first kappa shape index (κ1) is 19.4. The number of hydrogen-bond donors (Lipinski definition) is 0. The van der Waals surface area contributed by atoms with Gasteiger partial charge in [-0.15, -0.1) is 0 Å². The summed E-state index contributed by atoms with van der Waals surface area (Å²) >= 11 is 0. The Labute approximate surface area is 126 Å². The van der Waals surface area contributed by atoms with Crippen LogP contribution in [-0.4, -0.2) is 24.4 Å². The van der Waals surface area contributed by atoms with Gasteiger partial charge in [0.15, 0.2) is 0 Å². The lowest BCUT2D eigenvalue weighted by Gasteiger charge is -2.20. The molecule has 0 N–H and O–H groups in total. The van der Waals surface area contributed by atoms with Gasteiger partial charge in [0.1, 0.15) is 0 Å². The van der Waals surface area contributed by atoms with Crippen LogP contribution in [0.4, 0.5) is 0 Å². The van der Waals surface area contributed by atoms with E-state index in [2.05, 4.69) is 67.5 Å². The minimum absolute atomic E-state index is 0.0596. The zero-order chi connectivity index (χ0) is 15.8. The minimum atomic E-state index is -0.0596. The lowest BCUT2D eigenvalue weighted by Crippen LogP contribution is -2.20. The van der Waals surface area contributed by atoms with E-state index in [0.717, 1.165) is 26.1 Å². The normalized spacial score (nSPS) is 14.8. The fourth-order valence-corrected chi connectivity index (χ4v) is 1.44. The second-order valence-corrected chi connectivity index (χ2v) is 7.48. The van der Waals surface area contributed by atoms with Gasteiger partial charge >= 0.3 is 0 Å². The van der Waals surface area contributed by atoms with Crippen LogP contribution in [0.15, 0.2) is 23.3 Å². The first-order valence-corrected chi connectivity index (χ1v) is 7.59. The highest BCUT2D eigenvalue weighted by Crippen LogP contribution is 2.11. The van der Waals surface area contributed by atoms with Crippen LogP contribution in [0.3, 0.4) is 0 Å². The topological polar surface area (TPSA) is 18.5 Å². The molecular formula is C18H34O2. The maximum atomic E-state index is 5.74. The van der Waals surface area contributed by atoms with Crippen LogP contribution in [0, 0.1) is 0 Å². The van der Waals surface area contributed by atoms with Gasteiger partial charge in [-0.3, -0.25) is 0 Å². The molecule has 0 aliphatic carbocycles. The molecule has 0 atom stereocenters. The molecule has 0 aromatic rings. The Morgan fingerprint density at radius 1 is 0.700 bits per heavy atom. The van der Waals surface area contributed by atoms with E-state index in [1.807, 2.05) is 0 Å². The molecule has 0 rings (SSSR count). The van der Waals surface area contributed by atoms with Gasteiger partial charge < -0.3 is 9.47 Å². The summed E-state index contributed by atoms with van der Waals surface area (Å²) in [5, 5.41) is 0. The summed E-state index contributed by atoms with van der Waals surface area (Å²) in [6, 6.07) is 0. The summed E-state index contributed by atoms with van der Waals surface area (Å²) in [5.41, 5.74) is 2.49. The molecule has 0 aliphatic rings. The monoisotopic (exact) mass is 282 g/mol. The van der Waals surface area contributed by atoms with Gasteiger partial charge in [-0.1, -0.05) is 23.3 Å². The van der Waals surface area contributed by atoms with Gasteiger partial charge in [0, 0.05) is 0 Å². The number of ether oxygens (including phenoxy) is 2. The largest absolute Gasteiger partial charge is 0.372 e. The lowest BCUT2D eigenvalue weighted by atomic mass is 10.1. The lowest BCUT2D eigenvalue weighted by molar-refractivity contribution is 0.0106. The standard InChI is InChI=1S/C18H34O2/c1-15(13-19-17(3,4)5)11-9-10-12-16(2)14-20-18(6,7)8/h11-12H,9-10,13-14H2,1-8H3/b15-11+,16-12+. The first-order valence-electron chi connectivity index (χ1n) is 7.59. The Bertz CT molecular complexity index is 290. The Morgan fingerprint density at radius 2 is 1.00 bits per heavy atom. The molecule has 0 radical (unpaired) electrons. The molecule has 0 saturated heterocycles. The number of unbranched alkanes of at least 4 members (excludes halogenated alkanes) is 1. The van der Waals surface area contributed by atoms with E-state index in [1.54, 1.807) is 0 Å². The summed E-state index contributed by atoms with van der Waals surface area (Å²) in [5.74, 6) is 0. The fourth-order valence-electron chi connectivity index (χ4n) is 1.44. The smallest absolute Gasteiger partial charge is 0.0681 e. The van der Waals surface area contributed by atoms with Crippen molar-refractivity contribution in [3.05, 3.63) is 23.3 Å². The average Bonchev–Trinajstić information content (AvgIpc) is 2.27. The molecule has 2 heteroatoms. The van der Waals surface area contributed by atoms with Crippen molar-refractivity contribution in [3.63, 3.8) is 0 Å². The third-order valence-electron chi connectivity index (χ3n) is 2.62. The van der Waals surface area contributed by atoms with Crippen LogP contribution in [0.5, 0.6) is 0 Å². The van der Waals surface area contributed by atoms with Crippen LogP contribution in [-0.2, 0) is 9.47 Å². The Balaban J connectivity index is 3.93. The van der Waals surface area contributed by atoms with Crippen molar-refractivity contribution in [2.45, 2.75) is 79.4 Å². The van der Waals surface area contributed by atoms with Crippen LogP contribution in [0.25, 0.3) is 0 Å². The summed E-state index contributed by atoms with van der Waals surface area (Å²) in [4.78, 5) is 0. The number of hydrogen-bond acceptors (Lipinski definition) is 2. The van der Waals surface area contributed by atoms with Crippen molar-refractivity contribution >= 4 is 0 Å². The van der Waals surface area contributed by atoms with E-state index in [1.165, 1.54) is 11.1 Å². The van der Waals surface area contributed by atoms with Gasteiger partial charge in [-0.25, -0.2) is 0 Å². The molecule has 0 aromatic carbocycles. The molecule has 0 aliphatic heterocycles. The Kier molecular flexibility index (Phi) is 8.38. The summed E-state index contributed by atoms with van der Waals surface area (Å²) in [6.07, 6.45) is 6.65. The minimum Gasteiger partial charge on any atom is -0.372 e. The molecule has 0 aromatic heterocycles. The van der Waals surface area contributed by atoms with Gasteiger partial charge in [-0.2, -0.15) is 0 Å². The van der Waals surface area contributed by atoms with Crippen molar-refractivity contribution in [1.29, 1.82) is 0 Å². The maximum Gasteiger partial charge on any atom is 0.0681 e. The molecule has 0 saturated carbocycles. The number of allylic oxidation sites excluding steroid dienone is 2. The second kappa shape index (κ2) is 8.63. The molecule has 0 fully saturated rings. The molecule has 0 heterocycles. The van der Waals surface area contributed by atoms with E-state index in [4.69, 9.17) is 9.47 Å². The van der Waals surface area contributed by atoms with Crippen molar-refractivity contribution in [2.75, 3.05) is 13.2 Å². The first-order chi connectivity index (χ1) is 8.99. The molecule has 2 nitrogen and oxygen atoms in total. The van der Waals surface area contributed by atoms with Crippen molar-refractivity contribution in [2.24, 2.45) is 0 Å². The predicted octanol–water partition coefficient (Wildman–Crippen LogP) is 5.29. The number of rotatable bonds is 7. The molecule has 0 bridgehead atoms. The SMILES string of the molecule is C/C(=C\CC/C=C(\C)COC(C)(C)C)COC(C)(C)C. The van der Waals surface area contributed by atoms with Gasteiger partial charge in [0.2, 0.25) is 0 Å². The average molecular weight is 282 g/mol. The van der Waals surface area contributed by atoms with Crippen molar-refractivity contribution in [3.8, 4) is 0 Å². The van der Waals surface area contributed by atoms with Crippen molar-refractivity contribution in [1.82, 2.24) is 0 Å². The highest BCUT2D eigenvalue weighted by atomic mass is 16.5. The third kappa shape index (κ3) is 13.8. The third-order valence-corrected chi connectivity index (χ3v) is 2.62. The molecule has 0 amide bonds. The predicted molar refractivity (Wildman–Crippen MR) is 88.2 cm³/mol. The van der Waals surface area contributed by atoms with Crippen LogP contribution in [0.1, 0.15) is 68.2 Å².